The van der Waals surface area contributed by atoms with Crippen molar-refractivity contribution >= 4 is 34.8 Å². The molecule has 0 bridgehead atoms. The molecule has 3 aliphatic carbocycles. The predicted molar refractivity (Wildman–Crippen MR) is 115 cm³/mol. The van der Waals surface area contributed by atoms with E-state index >= 15 is 0 Å². The minimum absolute atomic E-state index is 0.0187. The molecule has 33 heavy (non-hydrogen) atoms. The van der Waals surface area contributed by atoms with E-state index in [4.69, 9.17) is 17.3 Å². The van der Waals surface area contributed by atoms with Crippen LogP contribution in [0, 0.1) is 11.8 Å². The number of amides is 1. The minimum Gasteiger partial charge on any atom is -0.508 e. The van der Waals surface area contributed by atoms with Crippen LogP contribution in [0.5, 0.6) is 5.75 Å². The Morgan fingerprint density at radius 3 is 2.33 bits per heavy atom. The fourth-order valence-electron chi connectivity index (χ4n) is 5.58. The standard InChI is InChI=1S/C22H23ClN2O8/c1-21(32)7-6-8-15(25(2)3)17(28)13(20(24)31)19(30)22(8,33)18(29)11(7)16(27)12-10(26)5-4-9(23)14(12)21/h4-5,7-8,15,26-27,30,32-33H,6H2,1-3H3,(H2,24,31)/t7-,8+,15-,21+,22-/m0/s1. The van der Waals surface area contributed by atoms with E-state index in [2.05, 4.69) is 0 Å². The zero-order valence-corrected chi connectivity index (χ0v) is 18.7. The van der Waals surface area contributed by atoms with E-state index < -0.39 is 75.0 Å². The quantitative estimate of drug-likeness (QED) is 0.325. The van der Waals surface area contributed by atoms with E-state index in [0.29, 0.717) is 0 Å². The second-order valence-corrected chi connectivity index (χ2v) is 9.48. The van der Waals surface area contributed by atoms with E-state index in [1.54, 1.807) is 0 Å². The van der Waals surface area contributed by atoms with Crippen LogP contribution in [0.2, 0.25) is 5.02 Å². The van der Waals surface area contributed by atoms with Gasteiger partial charge in [0.15, 0.2) is 11.4 Å². The Labute approximate surface area is 193 Å². The molecule has 1 aromatic carbocycles. The summed E-state index contributed by atoms with van der Waals surface area (Å²) in [6, 6.07) is 1.24. The fraction of sp³-hybridized carbons (Fsp3) is 0.409. The van der Waals surface area contributed by atoms with Crippen LogP contribution in [0.15, 0.2) is 29.0 Å². The summed E-state index contributed by atoms with van der Waals surface area (Å²) in [5.74, 6) is -8.30. The lowest BCUT2D eigenvalue weighted by atomic mass is 9.54. The predicted octanol–water partition coefficient (Wildman–Crippen LogP) is 0.282. The van der Waals surface area contributed by atoms with Gasteiger partial charge in [-0.2, -0.15) is 0 Å². The highest BCUT2D eigenvalue weighted by Gasteiger charge is 2.66. The molecule has 1 aromatic rings. The number of hydrogen-bond donors (Lipinski definition) is 6. The van der Waals surface area contributed by atoms with Gasteiger partial charge >= 0.3 is 0 Å². The largest absolute Gasteiger partial charge is 0.508 e. The number of phenolic OH excluding ortho intramolecular Hbond substituents is 1. The van der Waals surface area contributed by atoms with E-state index in [-0.39, 0.29) is 22.6 Å². The third-order valence-corrected chi connectivity index (χ3v) is 7.39. The van der Waals surface area contributed by atoms with E-state index in [1.807, 2.05) is 0 Å². The number of aliphatic hydroxyl groups excluding tert-OH is 2. The lowest BCUT2D eigenvalue weighted by Crippen LogP contribution is -2.67. The molecule has 7 N–H and O–H groups in total. The highest BCUT2D eigenvalue weighted by Crippen LogP contribution is 2.58. The number of aliphatic hydroxyl groups is 4. The molecule has 0 aliphatic heterocycles. The maximum Gasteiger partial charge on any atom is 0.255 e. The highest BCUT2D eigenvalue weighted by molar-refractivity contribution is 6.32. The second-order valence-electron chi connectivity index (χ2n) is 9.08. The number of aromatic hydroxyl groups is 1. The van der Waals surface area contributed by atoms with Crippen molar-refractivity contribution in [1.29, 1.82) is 0 Å². The number of ketones is 2. The van der Waals surface area contributed by atoms with Gasteiger partial charge in [0.1, 0.15) is 22.8 Å². The Hall–Kier alpha value is -2.92. The summed E-state index contributed by atoms with van der Waals surface area (Å²) in [5, 5.41) is 55.2. The van der Waals surface area contributed by atoms with E-state index in [1.165, 1.54) is 38.1 Å². The van der Waals surface area contributed by atoms with Gasteiger partial charge < -0.3 is 31.3 Å². The first-order valence-corrected chi connectivity index (χ1v) is 10.5. The van der Waals surface area contributed by atoms with Crippen molar-refractivity contribution in [3.8, 4) is 5.75 Å². The van der Waals surface area contributed by atoms with Gasteiger partial charge in [-0.1, -0.05) is 11.6 Å². The molecule has 4 rings (SSSR count). The molecule has 1 amide bonds. The summed E-state index contributed by atoms with van der Waals surface area (Å²) in [6.07, 6.45) is -0.259. The summed E-state index contributed by atoms with van der Waals surface area (Å²) in [4.78, 5) is 40.1. The number of rotatable bonds is 2. The first-order valence-electron chi connectivity index (χ1n) is 10.1. The molecule has 0 aromatic heterocycles. The number of primary amides is 1. The number of likely N-dealkylation sites (N-methyl/N-ethyl adjacent to an activating group) is 1. The zero-order chi connectivity index (χ0) is 24.8. The maximum absolute atomic E-state index is 13.7. The third kappa shape index (κ3) is 2.75. The Bertz CT molecular complexity index is 1200. The van der Waals surface area contributed by atoms with E-state index in [9.17, 15) is 39.9 Å². The number of nitrogens with zero attached hydrogens (tertiary/aromatic N) is 1. The van der Waals surface area contributed by atoms with Gasteiger partial charge in [0.25, 0.3) is 5.91 Å². The second kappa shape index (κ2) is 7.04. The number of hydrogen-bond acceptors (Lipinski definition) is 9. The van der Waals surface area contributed by atoms with Crippen LogP contribution in [-0.2, 0) is 20.0 Å². The topological polar surface area (TPSA) is 182 Å². The van der Waals surface area contributed by atoms with Crippen molar-refractivity contribution in [2.75, 3.05) is 14.1 Å². The van der Waals surface area contributed by atoms with Crippen molar-refractivity contribution in [3.05, 3.63) is 45.2 Å². The molecular formula is C22H23ClN2O8. The highest BCUT2D eigenvalue weighted by atomic mass is 35.5. The average Bonchev–Trinajstić information content (AvgIpc) is 2.69. The van der Waals surface area contributed by atoms with Crippen molar-refractivity contribution in [1.82, 2.24) is 4.90 Å². The minimum atomic E-state index is -2.78. The Morgan fingerprint density at radius 2 is 1.79 bits per heavy atom. The molecule has 0 spiro atoms. The summed E-state index contributed by atoms with van der Waals surface area (Å²) in [6.45, 7) is 1.34. The first-order chi connectivity index (χ1) is 15.2. The maximum atomic E-state index is 13.7. The van der Waals surface area contributed by atoms with Crippen LogP contribution in [0.1, 0.15) is 24.5 Å². The van der Waals surface area contributed by atoms with Crippen LogP contribution in [0.25, 0.3) is 5.76 Å². The fourth-order valence-corrected chi connectivity index (χ4v) is 5.93. The molecule has 11 heteroatoms. The smallest absolute Gasteiger partial charge is 0.255 e. The van der Waals surface area contributed by atoms with Gasteiger partial charge in [0, 0.05) is 28.0 Å². The Balaban J connectivity index is 2.07. The van der Waals surface area contributed by atoms with Gasteiger partial charge in [-0.25, -0.2) is 0 Å². The van der Waals surface area contributed by atoms with Gasteiger partial charge in [-0.3, -0.25) is 19.3 Å². The number of nitrogens with two attached hydrogens (primary N) is 1. The van der Waals surface area contributed by atoms with E-state index in [0.717, 1.165) is 0 Å². The summed E-state index contributed by atoms with van der Waals surface area (Å²) in [7, 11) is 2.97. The molecule has 3 aliphatic rings. The summed E-state index contributed by atoms with van der Waals surface area (Å²) >= 11 is 6.28. The molecule has 1 saturated carbocycles. The monoisotopic (exact) mass is 478 g/mol. The van der Waals surface area contributed by atoms with Crippen LogP contribution < -0.4 is 5.73 Å². The molecule has 1 fully saturated rings. The molecule has 10 nitrogen and oxygen atoms in total. The van der Waals surface area contributed by atoms with Crippen molar-refractivity contribution in [2.45, 2.75) is 30.6 Å². The van der Waals surface area contributed by atoms with Crippen LogP contribution in [0.3, 0.4) is 0 Å². The third-order valence-electron chi connectivity index (χ3n) is 7.07. The Kier molecular flexibility index (Phi) is 4.96. The molecular weight excluding hydrogens is 456 g/mol. The summed E-state index contributed by atoms with van der Waals surface area (Å²) < 4.78 is 0. The number of fused-ring (bicyclic) bond motifs is 3. The molecule has 0 saturated heterocycles. The number of carbonyl (C=O) groups is 3. The van der Waals surface area contributed by atoms with Crippen molar-refractivity contribution in [2.24, 2.45) is 17.6 Å². The van der Waals surface area contributed by atoms with Gasteiger partial charge in [0.05, 0.1) is 17.2 Å². The van der Waals surface area contributed by atoms with Crippen LogP contribution in [-0.4, -0.2) is 73.6 Å². The molecule has 0 heterocycles. The van der Waals surface area contributed by atoms with Crippen molar-refractivity contribution in [3.63, 3.8) is 0 Å². The SMILES string of the molecule is CN(C)[C@@H]1C(=O)C(C(N)=O)=C(O)[C@@]2(O)C(=O)C3=C(O)c4c(O)ccc(Cl)c4[C@](C)(O)[C@H]3C[C@H]12. The van der Waals surface area contributed by atoms with Gasteiger partial charge in [-0.05, 0) is 39.6 Å². The zero-order valence-electron chi connectivity index (χ0n) is 18.0. The molecule has 0 unspecified atom stereocenters. The van der Waals surface area contributed by atoms with Crippen molar-refractivity contribution < 1.29 is 39.9 Å². The molecule has 176 valence electrons. The normalized spacial score (nSPS) is 33.7. The molecule has 5 atom stereocenters. The average molecular weight is 479 g/mol. The van der Waals surface area contributed by atoms with Crippen LogP contribution in [0.4, 0.5) is 0 Å². The van der Waals surface area contributed by atoms with Gasteiger partial charge in [-0.15, -0.1) is 0 Å². The lowest BCUT2D eigenvalue weighted by Gasteiger charge is -2.53. The Morgan fingerprint density at radius 1 is 1.18 bits per heavy atom. The molecule has 0 radical (unpaired) electrons. The first kappa shape index (κ1) is 23.2. The summed E-state index contributed by atoms with van der Waals surface area (Å²) in [5.41, 5.74) is -1.10. The lowest BCUT2D eigenvalue weighted by molar-refractivity contribution is -0.159. The number of benzene rings is 1. The van der Waals surface area contributed by atoms with Gasteiger partial charge in [0.2, 0.25) is 5.78 Å². The number of phenols is 1. The number of carbonyl (C=O) groups excluding carboxylic acids is 3. The van der Waals surface area contributed by atoms with Crippen LogP contribution >= 0.6 is 11.6 Å². The number of halogens is 1. The number of Topliss-reactive ketones (excluding diaryl/α,β-unsaturated/α-hetero) is 2.